The van der Waals surface area contributed by atoms with Crippen LogP contribution in [0.4, 0.5) is 0 Å². The minimum atomic E-state index is -0.504. The molecule has 0 bridgehead atoms. The third-order valence-corrected chi connectivity index (χ3v) is 5.09. The lowest BCUT2D eigenvalue weighted by Crippen LogP contribution is -2.36. The molecule has 4 rings (SSSR count). The minimum Gasteiger partial charge on any atom is -0.492 e. The van der Waals surface area contributed by atoms with Crippen molar-refractivity contribution in [2.45, 2.75) is 19.5 Å². The van der Waals surface area contributed by atoms with Gasteiger partial charge in [-0.05, 0) is 30.2 Å². The monoisotopic (exact) mass is 388 g/mol. The van der Waals surface area contributed by atoms with Crippen molar-refractivity contribution in [3.63, 3.8) is 0 Å². The van der Waals surface area contributed by atoms with E-state index in [2.05, 4.69) is 28.1 Å². The van der Waals surface area contributed by atoms with Crippen LogP contribution in [0.2, 0.25) is 0 Å². The first-order valence-electron chi connectivity index (χ1n) is 9.88. The molecule has 5 heteroatoms. The third kappa shape index (κ3) is 4.15. The Balaban J connectivity index is 1.72. The van der Waals surface area contributed by atoms with Gasteiger partial charge in [0, 0.05) is 36.6 Å². The van der Waals surface area contributed by atoms with Crippen molar-refractivity contribution >= 4 is 5.97 Å². The van der Waals surface area contributed by atoms with E-state index in [0.717, 1.165) is 28.0 Å². The lowest BCUT2D eigenvalue weighted by molar-refractivity contribution is -0.150. The first kappa shape index (κ1) is 19.2. The Morgan fingerprint density at radius 1 is 1.14 bits per heavy atom. The van der Waals surface area contributed by atoms with Crippen molar-refractivity contribution in [2.24, 2.45) is 0 Å². The van der Waals surface area contributed by atoms with Gasteiger partial charge in [-0.25, -0.2) is 4.79 Å². The number of fused-ring (bicyclic) bond motifs is 1. The number of hydrogen-bond donors (Lipinski definition) is 0. The number of para-hydroxylation sites is 1. The standard InChI is InChI=1S/C24H24N2O3/c1-2-28-24(27)23-21-11-5-6-12-22(21)29-15-14-26(23)17-19-8-3-4-10-20(19)18-9-7-13-25-16-18/h3-13,16,23H,2,14-15,17H2,1H3. The normalized spacial score (nSPS) is 16.4. The van der Waals surface area contributed by atoms with E-state index in [1.165, 1.54) is 0 Å². The smallest absolute Gasteiger partial charge is 0.328 e. The van der Waals surface area contributed by atoms with Crippen LogP contribution in [-0.4, -0.2) is 35.6 Å². The summed E-state index contributed by atoms with van der Waals surface area (Å²) in [7, 11) is 0. The Morgan fingerprint density at radius 3 is 2.79 bits per heavy atom. The minimum absolute atomic E-state index is 0.246. The molecule has 1 atom stereocenters. The number of carbonyl (C=O) groups is 1. The van der Waals surface area contributed by atoms with Crippen LogP contribution in [0.25, 0.3) is 11.1 Å². The third-order valence-electron chi connectivity index (χ3n) is 5.09. The average molecular weight is 388 g/mol. The number of pyridine rings is 1. The Kier molecular flexibility index (Phi) is 5.86. The summed E-state index contributed by atoms with van der Waals surface area (Å²) in [5.41, 5.74) is 4.15. The van der Waals surface area contributed by atoms with Crippen LogP contribution in [0.15, 0.2) is 73.1 Å². The highest BCUT2D eigenvalue weighted by Crippen LogP contribution is 2.35. The zero-order valence-corrected chi connectivity index (χ0v) is 16.5. The van der Waals surface area contributed by atoms with E-state index in [1.807, 2.05) is 55.6 Å². The molecule has 0 N–H and O–H groups in total. The predicted octanol–water partition coefficient (Wildman–Crippen LogP) is 4.25. The first-order valence-corrected chi connectivity index (χ1v) is 9.88. The summed E-state index contributed by atoms with van der Waals surface area (Å²) in [6, 6.07) is 19.4. The molecule has 1 unspecified atom stereocenters. The molecule has 5 nitrogen and oxygen atoms in total. The molecule has 1 aliphatic heterocycles. The van der Waals surface area contributed by atoms with Crippen molar-refractivity contribution in [3.8, 4) is 16.9 Å². The maximum absolute atomic E-state index is 12.9. The number of rotatable bonds is 5. The Labute approximate surface area is 170 Å². The number of aromatic nitrogens is 1. The van der Waals surface area contributed by atoms with Crippen molar-refractivity contribution in [3.05, 3.63) is 84.2 Å². The zero-order valence-electron chi connectivity index (χ0n) is 16.5. The van der Waals surface area contributed by atoms with Crippen LogP contribution < -0.4 is 4.74 Å². The molecule has 0 amide bonds. The van der Waals surface area contributed by atoms with Crippen LogP contribution in [-0.2, 0) is 16.1 Å². The molecule has 2 heterocycles. The molecule has 1 aliphatic rings. The molecule has 1 aromatic heterocycles. The fraction of sp³-hybridized carbons (Fsp3) is 0.250. The van der Waals surface area contributed by atoms with Crippen LogP contribution in [0, 0.1) is 0 Å². The highest BCUT2D eigenvalue weighted by Gasteiger charge is 2.33. The van der Waals surface area contributed by atoms with Gasteiger partial charge in [0.1, 0.15) is 18.4 Å². The largest absolute Gasteiger partial charge is 0.492 e. The summed E-state index contributed by atoms with van der Waals surface area (Å²) in [6.45, 7) is 3.92. The zero-order chi connectivity index (χ0) is 20.1. The number of nitrogens with zero attached hydrogens (tertiary/aromatic N) is 2. The molecule has 0 saturated carbocycles. The quantitative estimate of drug-likeness (QED) is 0.612. The number of esters is 1. The van der Waals surface area contributed by atoms with Gasteiger partial charge in [-0.3, -0.25) is 9.88 Å². The topological polar surface area (TPSA) is 51.7 Å². The van der Waals surface area contributed by atoms with Gasteiger partial charge < -0.3 is 9.47 Å². The van der Waals surface area contributed by atoms with E-state index in [4.69, 9.17) is 9.47 Å². The van der Waals surface area contributed by atoms with Crippen LogP contribution in [0.5, 0.6) is 5.75 Å². The van der Waals surface area contributed by atoms with Crippen molar-refractivity contribution < 1.29 is 14.3 Å². The Morgan fingerprint density at radius 2 is 1.97 bits per heavy atom. The van der Waals surface area contributed by atoms with Gasteiger partial charge in [0.15, 0.2) is 0 Å². The van der Waals surface area contributed by atoms with E-state index in [-0.39, 0.29) is 5.97 Å². The van der Waals surface area contributed by atoms with Crippen molar-refractivity contribution in [1.82, 2.24) is 9.88 Å². The van der Waals surface area contributed by atoms with Crippen LogP contribution in [0.1, 0.15) is 24.1 Å². The molecule has 0 radical (unpaired) electrons. The summed E-state index contributed by atoms with van der Waals surface area (Å²) < 4.78 is 11.4. The molecule has 0 spiro atoms. The van der Waals surface area contributed by atoms with Gasteiger partial charge in [0.2, 0.25) is 0 Å². The number of benzene rings is 2. The van der Waals surface area contributed by atoms with E-state index in [0.29, 0.717) is 26.3 Å². The van der Waals surface area contributed by atoms with Gasteiger partial charge >= 0.3 is 5.97 Å². The molecular formula is C24H24N2O3. The maximum atomic E-state index is 12.9. The van der Waals surface area contributed by atoms with Gasteiger partial charge in [-0.1, -0.05) is 48.5 Å². The van der Waals surface area contributed by atoms with Crippen molar-refractivity contribution in [2.75, 3.05) is 19.8 Å². The molecule has 148 valence electrons. The number of carbonyl (C=O) groups excluding carboxylic acids is 1. The Bertz CT molecular complexity index is 975. The Hall–Kier alpha value is -3.18. The van der Waals surface area contributed by atoms with Gasteiger partial charge in [-0.15, -0.1) is 0 Å². The number of ether oxygens (including phenoxy) is 2. The van der Waals surface area contributed by atoms with E-state index >= 15 is 0 Å². The summed E-state index contributed by atoms with van der Waals surface area (Å²) in [5, 5.41) is 0. The average Bonchev–Trinajstić information content (AvgIpc) is 2.94. The first-order chi connectivity index (χ1) is 14.3. The molecule has 2 aromatic carbocycles. The van der Waals surface area contributed by atoms with Gasteiger partial charge in [-0.2, -0.15) is 0 Å². The fourth-order valence-corrected chi connectivity index (χ4v) is 3.78. The summed E-state index contributed by atoms with van der Waals surface area (Å²) in [4.78, 5) is 19.3. The lowest BCUT2D eigenvalue weighted by atomic mass is 9.99. The lowest BCUT2D eigenvalue weighted by Gasteiger charge is -2.29. The van der Waals surface area contributed by atoms with Crippen LogP contribution in [0.3, 0.4) is 0 Å². The molecule has 0 aliphatic carbocycles. The SMILES string of the molecule is CCOC(=O)C1c2ccccc2OCCN1Cc1ccccc1-c1cccnc1. The molecule has 0 saturated heterocycles. The summed E-state index contributed by atoms with van der Waals surface area (Å²) in [6.07, 6.45) is 3.63. The van der Waals surface area contributed by atoms with E-state index in [1.54, 1.807) is 6.20 Å². The second-order valence-electron chi connectivity index (χ2n) is 6.91. The second kappa shape index (κ2) is 8.88. The van der Waals surface area contributed by atoms with Crippen LogP contribution >= 0.6 is 0 Å². The van der Waals surface area contributed by atoms with E-state index < -0.39 is 6.04 Å². The van der Waals surface area contributed by atoms with Gasteiger partial charge in [0.25, 0.3) is 0 Å². The van der Waals surface area contributed by atoms with Crippen molar-refractivity contribution in [1.29, 1.82) is 0 Å². The van der Waals surface area contributed by atoms with Gasteiger partial charge in [0.05, 0.1) is 6.61 Å². The summed E-state index contributed by atoms with van der Waals surface area (Å²) >= 11 is 0. The number of hydrogen-bond acceptors (Lipinski definition) is 5. The molecule has 29 heavy (non-hydrogen) atoms. The molecule has 0 fully saturated rings. The maximum Gasteiger partial charge on any atom is 0.328 e. The highest BCUT2D eigenvalue weighted by molar-refractivity contribution is 5.79. The highest BCUT2D eigenvalue weighted by atomic mass is 16.5. The second-order valence-corrected chi connectivity index (χ2v) is 6.91. The van der Waals surface area contributed by atoms with E-state index in [9.17, 15) is 4.79 Å². The molecule has 3 aromatic rings. The fourth-order valence-electron chi connectivity index (χ4n) is 3.78. The predicted molar refractivity (Wildman–Crippen MR) is 111 cm³/mol. The summed E-state index contributed by atoms with van der Waals surface area (Å²) in [5.74, 6) is 0.498. The molecular weight excluding hydrogens is 364 g/mol.